The highest BCUT2D eigenvalue weighted by Crippen LogP contribution is 2.32. The van der Waals surface area contributed by atoms with Crippen LogP contribution in [0.25, 0.3) is 0 Å². The first-order valence-electron chi connectivity index (χ1n) is 6.14. The van der Waals surface area contributed by atoms with Gasteiger partial charge in [0.2, 0.25) is 0 Å². The van der Waals surface area contributed by atoms with Crippen LogP contribution in [0.1, 0.15) is 49.4 Å². The standard InChI is InChI=1S/C13H19O4P/c1-2-3-4-5-6-13(14)11-7-9-12(10-8-11)18(15,16)17/h7-10H,2-6H2,1H3,(H2,15,16,17). The number of carbonyl (C=O) groups is 1. The molecule has 5 heteroatoms. The Morgan fingerprint density at radius 2 is 1.72 bits per heavy atom. The maximum Gasteiger partial charge on any atom is 0.356 e. The highest BCUT2D eigenvalue weighted by Gasteiger charge is 2.17. The van der Waals surface area contributed by atoms with Gasteiger partial charge in [-0.1, -0.05) is 38.3 Å². The summed E-state index contributed by atoms with van der Waals surface area (Å²) in [6.07, 6.45) is 4.67. The van der Waals surface area contributed by atoms with Crippen LogP contribution in [0, 0.1) is 0 Å². The fourth-order valence-corrected chi connectivity index (χ4v) is 2.24. The van der Waals surface area contributed by atoms with Crippen molar-refractivity contribution in [1.29, 1.82) is 0 Å². The van der Waals surface area contributed by atoms with E-state index in [4.69, 9.17) is 9.79 Å². The fourth-order valence-electron chi connectivity index (χ4n) is 1.70. The van der Waals surface area contributed by atoms with Gasteiger partial charge in [0.25, 0.3) is 0 Å². The zero-order chi connectivity index (χ0) is 13.6. The summed E-state index contributed by atoms with van der Waals surface area (Å²) in [6.45, 7) is 2.11. The van der Waals surface area contributed by atoms with Gasteiger partial charge in [-0.15, -0.1) is 0 Å². The SMILES string of the molecule is CCCCCCC(=O)c1ccc(P(=O)(O)O)cc1. The van der Waals surface area contributed by atoms with Crippen LogP contribution in [-0.4, -0.2) is 15.6 Å². The van der Waals surface area contributed by atoms with Crippen LogP contribution in [0.15, 0.2) is 24.3 Å². The Morgan fingerprint density at radius 3 is 2.22 bits per heavy atom. The molecule has 100 valence electrons. The molecular weight excluding hydrogens is 251 g/mol. The summed E-state index contributed by atoms with van der Waals surface area (Å²) in [4.78, 5) is 29.7. The quantitative estimate of drug-likeness (QED) is 0.454. The van der Waals surface area contributed by atoms with E-state index in [-0.39, 0.29) is 11.1 Å². The second-order valence-electron chi connectivity index (χ2n) is 4.32. The molecule has 18 heavy (non-hydrogen) atoms. The van der Waals surface area contributed by atoms with Crippen LogP contribution < -0.4 is 5.30 Å². The molecule has 0 saturated heterocycles. The van der Waals surface area contributed by atoms with E-state index in [1.54, 1.807) is 0 Å². The number of unbranched alkanes of at least 4 members (excludes halogenated alkanes) is 3. The van der Waals surface area contributed by atoms with E-state index in [1.165, 1.54) is 24.3 Å². The smallest absolute Gasteiger partial charge is 0.321 e. The predicted octanol–water partition coefficient (Wildman–Crippen LogP) is 2.64. The first-order valence-corrected chi connectivity index (χ1v) is 7.75. The van der Waals surface area contributed by atoms with Gasteiger partial charge < -0.3 is 9.79 Å². The molecule has 1 rings (SSSR count). The van der Waals surface area contributed by atoms with Crippen molar-refractivity contribution in [2.45, 2.75) is 39.0 Å². The number of hydrogen-bond acceptors (Lipinski definition) is 2. The van der Waals surface area contributed by atoms with Gasteiger partial charge in [0.15, 0.2) is 5.78 Å². The van der Waals surface area contributed by atoms with Crippen molar-refractivity contribution in [1.82, 2.24) is 0 Å². The minimum atomic E-state index is -4.21. The molecule has 0 bridgehead atoms. The van der Waals surface area contributed by atoms with E-state index in [9.17, 15) is 9.36 Å². The Labute approximate surface area is 107 Å². The molecule has 0 fully saturated rings. The number of carbonyl (C=O) groups excluding carboxylic acids is 1. The van der Waals surface area contributed by atoms with Gasteiger partial charge in [-0.25, -0.2) is 0 Å². The molecule has 0 unspecified atom stereocenters. The summed E-state index contributed by atoms with van der Waals surface area (Å²) >= 11 is 0. The topological polar surface area (TPSA) is 74.6 Å². The Kier molecular flexibility index (Phi) is 5.73. The monoisotopic (exact) mass is 270 g/mol. The van der Waals surface area contributed by atoms with E-state index in [1.807, 2.05) is 0 Å². The van der Waals surface area contributed by atoms with Crippen molar-refractivity contribution < 1.29 is 19.1 Å². The van der Waals surface area contributed by atoms with E-state index in [0.29, 0.717) is 12.0 Å². The van der Waals surface area contributed by atoms with Crippen LogP contribution in [-0.2, 0) is 4.57 Å². The molecule has 0 heterocycles. The zero-order valence-electron chi connectivity index (χ0n) is 10.5. The van der Waals surface area contributed by atoms with Crippen molar-refractivity contribution in [3.05, 3.63) is 29.8 Å². The largest absolute Gasteiger partial charge is 0.356 e. The summed E-state index contributed by atoms with van der Waals surface area (Å²) in [7, 11) is -4.21. The second-order valence-corrected chi connectivity index (χ2v) is 5.93. The Hall–Kier alpha value is -0.960. The van der Waals surface area contributed by atoms with Crippen LogP contribution in [0.3, 0.4) is 0 Å². The van der Waals surface area contributed by atoms with Gasteiger partial charge in [-0.3, -0.25) is 9.36 Å². The highest BCUT2D eigenvalue weighted by atomic mass is 31.2. The first kappa shape index (κ1) is 15.1. The van der Waals surface area contributed by atoms with Crippen LogP contribution in [0.2, 0.25) is 0 Å². The number of benzene rings is 1. The first-order chi connectivity index (χ1) is 8.45. The predicted molar refractivity (Wildman–Crippen MR) is 71.2 cm³/mol. The lowest BCUT2D eigenvalue weighted by Gasteiger charge is -2.05. The highest BCUT2D eigenvalue weighted by molar-refractivity contribution is 7.60. The Balaban J connectivity index is 2.57. The van der Waals surface area contributed by atoms with Crippen molar-refractivity contribution in [3.8, 4) is 0 Å². The average molecular weight is 270 g/mol. The lowest BCUT2D eigenvalue weighted by atomic mass is 10.0. The van der Waals surface area contributed by atoms with Crippen molar-refractivity contribution in [2.75, 3.05) is 0 Å². The Morgan fingerprint density at radius 1 is 1.11 bits per heavy atom. The van der Waals surface area contributed by atoms with Gasteiger partial charge in [-0.05, 0) is 18.6 Å². The molecule has 0 amide bonds. The van der Waals surface area contributed by atoms with Crippen LogP contribution >= 0.6 is 7.60 Å². The van der Waals surface area contributed by atoms with Crippen molar-refractivity contribution in [2.24, 2.45) is 0 Å². The van der Waals surface area contributed by atoms with Crippen molar-refractivity contribution in [3.63, 3.8) is 0 Å². The van der Waals surface area contributed by atoms with Gasteiger partial charge in [0.05, 0.1) is 5.30 Å². The molecule has 0 radical (unpaired) electrons. The van der Waals surface area contributed by atoms with Gasteiger partial charge in [0.1, 0.15) is 0 Å². The lowest BCUT2D eigenvalue weighted by Crippen LogP contribution is -2.06. The molecule has 0 aliphatic carbocycles. The van der Waals surface area contributed by atoms with Crippen molar-refractivity contribution >= 4 is 18.7 Å². The van der Waals surface area contributed by atoms with E-state index in [2.05, 4.69) is 6.92 Å². The molecule has 0 saturated carbocycles. The van der Waals surface area contributed by atoms with Gasteiger partial charge >= 0.3 is 7.60 Å². The fraction of sp³-hybridized carbons (Fsp3) is 0.462. The summed E-state index contributed by atoms with van der Waals surface area (Å²) in [5.41, 5.74) is 0.517. The molecule has 1 aromatic carbocycles. The zero-order valence-corrected chi connectivity index (χ0v) is 11.4. The molecule has 0 aliphatic heterocycles. The second kappa shape index (κ2) is 6.83. The third kappa shape index (κ3) is 4.73. The number of ketones is 1. The minimum Gasteiger partial charge on any atom is -0.321 e. The molecule has 1 aromatic rings. The molecular formula is C13H19O4P. The average Bonchev–Trinajstić information content (AvgIpc) is 2.33. The molecule has 0 aliphatic rings. The Bertz CT molecular complexity index is 433. The summed E-state index contributed by atoms with van der Waals surface area (Å²) < 4.78 is 11.0. The van der Waals surface area contributed by atoms with Gasteiger partial charge in [-0.2, -0.15) is 0 Å². The van der Waals surface area contributed by atoms with E-state index >= 15 is 0 Å². The third-order valence-corrected chi connectivity index (χ3v) is 3.75. The maximum absolute atomic E-state index is 11.8. The molecule has 0 spiro atoms. The van der Waals surface area contributed by atoms with E-state index in [0.717, 1.165) is 25.7 Å². The minimum absolute atomic E-state index is 0.0309. The lowest BCUT2D eigenvalue weighted by molar-refractivity contribution is 0.0979. The number of Topliss-reactive ketones (excluding diaryl/α,β-unsaturated/α-hetero) is 1. The summed E-state index contributed by atoms with van der Waals surface area (Å²) in [5.74, 6) is 0.0309. The number of rotatable bonds is 7. The van der Waals surface area contributed by atoms with Crippen LogP contribution in [0.4, 0.5) is 0 Å². The molecule has 0 aromatic heterocycles. The van der Waals surface area contributed by atoms with E-state index < -0.39 is 7.60 Å². The molecule has 2 N–H and O–H groups in total. The van der Waals surface area contributed by atoms with Gasteiger partial charge in [0, 0.05) is 12.0 Å². The molecule has 4 nitrogen and oxygen atoms in total. The number of hydrogen-bond donors (Lipinski definition) is 2. The third-order valence-electron chi connectivity index (χ3n) is 2.78. The maximum atomic E-state index is 11.8. The summed E-state index contributed by atoms with van der Waals surface area (Å²) in [5, 5.41) is -0.0509. The molecule has 0 atom stereocenters. The van der Waals surface area contributed by atoms with Crippen LogP contribution in [0.5, 0.6) is 0 Å². The summed E-state index contributed by atoms with van der Waals surface area (Å²) in [6, 6.07) is 5.60. The normalized spacial score (nSPS) is 11.5.